The van der Waals surface area contributed by atoms with Crippen LogP contribution in [0.15, 0.2) is 85.0 Å². The first kappa shape index (κ1) is 102. The highest BCUT2D eigenvalue weighted by molar-refractivity contribution is 15.0. The number of hydrogen-bond acceptors (Lipinski definition) is 23. The van der Waals surface area contributed by atoms with E-state index in [1.54, 1.807) is 18.5 Å². The molecule has 8 aromatic heterocycles. The second kappa shape index (κ2) is 55.2. The number of aliphatic hydroxyl groups excluding tert-OH is 2. The van der Waals surface area contributed by atoms with E-state index in [0.717, 1.165) is 10.3 Å². The number of esters is 6. The maximum atomic E-state index is 11.3. The van der Waals surface area contributed by atoms with Crippen molar-refractivity contribution in [3.8, 4) is 0 Å². The first-order chi connectivity index (χ1) is 49.9. The number of aromatic nitrogens is 8. The Balaban J connectivity index is 0.00000119. The summed E-state index contributed by atoms with van der Waals surface area (Å²) in [5, 5.41) is 40.6. The van der Waals surface area contributed by atoms with Crippen LogP contribution in [0.2, 0.25) is 80.4 Å². The fraction of sp³-hybridized carbons (Fsp3) is 0.242. The summed E-state index contributed by atoms with van der Waals surface area (Å²) in [7, 11) is 7.62. The number of aliphatic carboxylic acids is 1. The first-order valence-corrected chi connectivity index (χ1v) is 40.9. The van der Waals surface area contributed by atoms with Crippen molar-refractivity contribution >= 4 is 281 Å². The normalized spacial score (nSPS) is 9.77. The van der Waals surface area contributed by atoms with Gasteiger partial charge < -0.3 is 43.7 Å². The summed E-state index contributed by atoms with van der Waals surface area (Å²) in [5.41, 5.74) is 3.80. The third-order valence-electron chi connectivity index (χ3n) is 11.9. The molecule has 0 aliphatic carbocycles. The number of halogens is 19. The van der Waals surface area contributed by atoms with Crippen molar-refractivity contribution in [2.45, 2.75) is 58.7 Å². The summed E-state index contributed by atoms with van der Waals surface area (Å²) in [6.07, 6.45) is 16.5. The van der Waals surface area contributed by atoms with Crippen LogP contribution in [-0.4, -0.2) is 140 Å². The standard InChI is InChI=1S/C10H9Cl2NO4.C9H9Cl2NO3.C8H6BrCl2NO2.C8H8Cl2NO3.C8H7Cl2NO3.C8H7Cl2NO2.C6H5Cl2N.C5H3Cl2N.I2/c1-16-7(14)3-5-6(11)4-13-9(8(5)12)10(15)17-2;1-15-8(14)2-5-6(10)3-12-7(4-13)9(5)11;1-14-6(13)2-4-5(10)3-12-8(9)7(4)11;1-14-8(12)2-5-6(9)3-11(13)4-7(5)10;9-5-2-11-6(3-12)8(10)4(5)1-7(13)14;1-13-8(12)2-5-6(9)3-11-4-7(5)10;1-4-5(7)2-9-3-6(4)8;6-4-1-5(7)3-8-2-4;1-2/h4H,3H2,1-2H3;3,13H,2,4H2,1H3;3H,2H2,1H3;3-4,13H,2H2,1H3;2,12H,1,3H2,(H,13,14);3-4H,2H2,1H3;2-3H,1H3;1-3H;/q;;;+1;;;;;. The van der Waals surface area contributed by atoms with E-state index in [2.05, 4.69) is 116 Å². The summed E-state index contributed by atoms with van der Waals surface area (Å²) in [5.74, 6) is -3.92. The lowest BCUT2D eigenvalue weighted by Gasteiger charge is -2.08. The van der Waals surface area contributed by atoms with Crippen molar-refractivity contribution in [2.75, 3.05) is 42.7 Å². The molecule has 8 heterocycles. The molecule has 0 aliphatic rings. The van der Waals surface area contributed by atoms with E-state index in [9.17, 15) is 33.6 Å². The van der Waals surface area contributed by atoms with Gasteiger partial charge in [-0.2, -0.15) is 0 Å². The van der Waals surface area contributed by atoms with Crippen molar-refractivity contribution in [3.05, 3.63) is 221 Å². The maximum Gasteiger partial charge on any atom is 0.358 e. The van der Waals surface area contributed by atoms with Gasteiger partial charge >= 0.3 is 41.8 Å². The number of carbonyl (C=O) groups is 7. The zero-order chi connectivity index (χ0) is 81.2. The van der Waals surface area contributed by atoms with Gasteiger partial charge in [0.05, 0.1) is 176 Å². The van der Waals surface area contributed by atoms with Crippen LogP contribution < -0.4 is 4.73 Å². The van der Waals surface area contributed by atoms with E-state index < -0.39 is 35.8 Å². The van der Waals surface area contributed by atoms with E-state index in [-0.39, 0.29) is 120 Å². The second-order valence-electron chi connectivity index (χ2n) is 18.7. The minimum Gasteiger partial charge on any atom is -0.481 e. The number of carboxylic acid groups (broad SMARTS) is 1. The summed E-state index contributed by atoms with van der Waals surface area (Å²) in [6, 6.07) is 1.64. The number of carboxylic acids is 1. The van der Waals surface area contributed by atoms with Crippen LogP contribution >= 0.6 is 239 Å². The van der Waals surface area contributed by atoms with E-state index in [1.807, 2.05) is 6.92 Å². The Kier molecular flexibility index (Phi) is 53.0. The van der Waals surface area contributed by atoms with E-state index in [1.165, 1.54) is 105 Å². The van der Waals surface area contributed by atoms with E-state index in [4.69, 9.17) is 206 Å². The Morgan fingerprint density at radius 2 is 0.689 bits per heavy atom. The Hall–Kier alpha value is -4.21. The summed E-state index contributed by atoms with van der Waals surface area (Å²) >= 11 is 99.5. The zero-order valence-electron chi connectivity index (χ0n) is 55.0. The second-order valence-corrected chi connectivity index (χ2v) is 25.9. The molecule has 0 aliphatic heterocycles. The van der Waals surface area contributed by atoms with Gasteiger partial charge in [0.15, 0.2) is 5.69 Å². The Morgan fingerprint density at radius 3 is 1.01 bits per heavy atom. The Morgan fingerprint density at radius 1 is 0.396 bits per heavy atom. The highest BCUT2D eigenvalue weighted by Crippen LogP contribution is 2.33. The van der Waals surface area contributed by atoms with Crippen LogP contribution in [0.4, 0.5) is 0 Å². The van der Waals surface area contributed by atoms with Gasteiger partial charge in [-0.1, -0.05) is 186 Å². The molecule has 0 radical (unpaired) electrons. The summed E-state index contributed by atoms with van der Waals surface area (Å²) in [6.45, 7) is 1.21. The Labute approximate surface area is 717 Å². The molecule has 8 aromatic rings. The lowest BCUT2D eigenvalue weighted by atomic mass is 10.1. The smallest absolute Gasteiger partial charge is 0.358 e. The van der Waals surface area contributed by atoms with Gasteiger partial charge in [0.2, 0.25) is 12.4 Å². The zero-order valence-corrected chi connectivity index (χ0v) is 73.0. The molecule has 8 rings (SSSR count). The van der Waals surface area contributed by atoms with Gasteiger partial charge in [0, 0.05) is 137 Å². The lowest BCUT2D eigenvalue weighted by molar-refractivity contribution is -0.904. The lowest BCUT2D eigenvalue weighted by Crippen LogP contribution is -2.29. The number of carbonyl (C=O) groups excluding carboxylic acids is 6. The minimum absolute atomic E-state index is 0.00486. The van der Waals surface area contributed by atoms with Gasteiger partial charge in [-0.05, 0) is 34.5 Å². The van der Waals surface area contributed by atoms with Gasteiger partial charge in [-0.3, -0.25) is 58.9 Å². The molecular weight excluding hydrogens is 2030 g/mol. The van der Waals surface area contributed by atoms with Crippen LogP contribution in [0.3, 0.4) is 0 Å². The van der Waals surface area contributed by atoms with Crippen molar-refractivity contribution < 1.29 is 87.2 Å². The molecular formula is C62H54BrCl16I2N8O17+. The third kappa shape index (κ3) is 37.2. The molecule has 0 spiro atoms. The monoisotopic (exact) mass is 2070 g/mol. The highest BCUT2D eigenvalue weighted by atomic mass is 128. The fourth-order valence-electron chi connectivity index (χ4n) is 6.60. The summed E-state index contributed by atoms with van der Waals surface area (Å²) < 4.78 is 28.2. The average molecular weight is 2080 g/mol. The highest BCUT2D eigenvalue weighted by Gasteiger charge is 2.22. The van der Waals surface area contributed by atoms with Crippen molar-refractivity contribution in [2.24, 2.45) is 0 Å². The third-order valence-corrected chi connectivity index (χ3v) is 18.2. The van der Waals surface area contributed by atoms with E-state index in [0.29, 0.717) is 72.7 Å². The predicted octanol–water partition coefficient (Wildman–Crippen LogP) is 18.1. The number of methoxy groups -OCH3 is 6. The Bertz CT molecular complexity index is 4210. The number of hydrogen-bond donors (Lipinski definition) is 4. The quantitative estimate of drug-likeness (QED) is 0.0185. The molecule has 0 bridgehead atoms. The number of rotatable bonds is 15. The predicted molar refractivity (Wildman–Crippen MR) is 427 cm³/mol. The fourth-order valence-corrected chi connectivity index (χ4v) is 10.9. The molecule has 0 saturated carbocycles. The van der Waals surface area contributed by atoms with Crippen LogP contribution in [0, 0.1) is 6.92 Å². The van der Waals surface area contributed by atoms with Gasteiger partial charge in [0.25, 0.3) is 0 Å². The molecule has 0 fully saturated rings. The molecule has 106 heavy (non-hydrogen) atoms. The van der Waals surface area contributed by atoms with Crippen molar-refractivity contribution in [3.63, 3.8) is 0 Å². The minimum atomic E-state index is -1.04. The van der Waals surface area contributed by atoms with E-state index >= 15 is 0 Å². The van der Waals surface area contributed by atoms with Gasteiger partial charge in [-0.15, -0.1) is 0 Å². The average Bonchev–Trinajstić information content (AvgIpc) is 0.814. The number of aliphatic hydroxyl groups is 2. The molecule has 576 valence electrons. The molecule has 25 nitrogen and oxygen atoms in total. The molecule has 44 heteroatoms. The molecule has 0 saturated heterocycles. The summed E-state index contributed by atoms with van der Waals surface area (Å²) in [4.78, 5) is 103. The molecule has 4 N–H and O–H groups in total. The SMILES string of the molecule is COC(=O)Cc1c(Cl)c[n+](O)cc1Cl.COC(=O)Cc1c(Cl)cnc(Br)c1Cl.COC(=O)Cc1c(Cl)cnc(C(=O)OC)c1Cl.COC(=O)Cc1c(Cl)cnc(CO)c1Cl.COC(=O)Cc1c(Cl)cncc1Cl.Cc1c(Cl)cncc1Cl.Clc1cncc(Cl)c1.II.O=C(O)Cc1c(Cl)cnc(CO)c1Cl. The van der Waals surface area contributed by atoms with Crippen LogP contribution in [0.5, 0.6) is 0 Å². The topological polar surface area (TPSA) is 350 Å². The molecule has 0 aromatic carbocycles. The first-order valence-electron chi connectivity index (χ1n) is 27.7. The van der Waals surface area contributed by atoms with Crippen molar-refractivity contribution in [1.29, 1.82) is 0 Å². The van der Waals surface area contributed by atoms with Crippen LogP contribution in [-0.2, 0) is 109 Å². The largest absolute Gasteiger partial charge is 0.481 e. The number of ether oxygens (including phenoxy) is 6. The van der Waals surface area contributed by atoms with Crippen LogP contribution in [0.1, 0.15) is 60.8 Å². The molecule has 0 atom stereocenters. The number of nitrogens with zero attached hydrogens (tertiary/aromatic N) is 8. The van der Waals surface area contributed by atoms with Gasteiger partial charge in [-0.25, -0.2) is 14.8 Å². The van der Waals surface area contributed by atoms with Crippen molar-refractivity contribution in [1.82, 2.24) is 34.9 Å². The van der Waals surface area contributed by atoms with Crippen LogP contribution in [0.25, 0.3) is 0 Å². The molecule has 0 unspecified atom stereocenters. The maximum absolute atomic E-state index is 11.3. The van der Waals surface area contributed by atoms with Gasteiger partial charge in [0.1, 0.15) is 14.6 Å². The molecule has 0 amide bonds. The number of pyridine rings is 8.